The lowest BCUT2D eigenvalue weighted by molar-refractivity contribution is -0.0726. The summed E-state index contributed by atoms with van der Waals surface area (Å²) in [5.41, 5.74) is 2.49. The predicted molar refractivity (Wildman–Crippen MR) is 108 cm³/mol. The van der Waals surface area contributed by atoms with Gasteiger partial charge in [-0.1, -0.05) is 68.3 Å². The van der Waals surface area contributed by atoms with E-state index in [0.29, 0.717) is 23.2 Å². The van der Waals surface area contributed by atoms with Crippen molar-refractivity contribution < 1.29 is 5.11 Å². The first-order valence-electron chi connectivity index (χ1n) is 10.8. The second kappa shape index (κ2) is 6.09. The summed E-state index contributed by atoms with van der Waals surface area (Å²) in [5.74, 6) is 1.84. The van der Waals surface area contributed by atoms with Crippen LogP contribution in [0.1, 0.15) is 63.9 Å². The molecule has 138 valence electrons. The van der Waals surface area contributed by atoms with Gasteiger partial charge < -0.3 is 5.11 Å². The van der Waals surface area contributed by atoms with Gasteiger partial charge in [-0.25, -0.2) is 0 Å². The minimum Gasteiger partial charge on any atom is -0.389 e. The maximum absolute atomic E-state index is 12.0. The SMILES string of the molecule is CC1([C@H]2C=CC(c3ccccc3)=C[C@@H]2C(O)(C2CC2)C2CC2)CCCC1. The zero-order chi connectivity index (χ0) is 17.8. The molecule has 0 saturated heterocycles. The molecule has 1 nitrogen and oxygen atoms in total. The van der Waals surface area contributed by atoms with Crippen LogP contribution >= 0.6 is 0 Å². The topological polar surface area (TPSA) is 20.2 Å². The molecule has 2 atom stereocenters. The highest BCUT2D eigenvalue weighted by Crippen LogP contribution is 2.61. The number of benzene rings is 1. The minimum absolute atomic E-state index is 0.283. The van der Waals surface area contributed by atoms with E-state index in [1.54, 1.807) is 0 Å². The zero-order valence-electron chi connectivity index (χ0n) is 16.0. The molecule has 26 heavy (non-hydrogen) atoms. The molecule has 0 unspecified atom stereocenters. The van der Waals surface area contributed by atoms with Crippen molar-refractivity contribution in [3.8, 4) is 0 Å². The van der Waals surface area contributed by atoms with Gasteiger partial charge in [0.1, 0.15) is 0 Å². The summed E-state index contributed by atoms with van der Waals surface area (Å²) in [4.78, 5) is 0. The lowest BCUT2D eigenvalue weighted by Crippen LogP contribution is -2.49. The lowest BCUT2D eigenvalue weighted by Gasteiger charge is -2.47. The minimum atomic E-state index is -0.471. The van der Waals surface area contributed by atoms with Crippen molar-refractivity contribution in [2.45, 2.75) is 63.9 Å². The van der Waals surface area contributed by atoms with Gasteiger partial charge in [0.15, 0.2) is 0 Å². The van der Waals surface area contributed by atoms with E-state index in [1.165, 1.54) is 62.5 Å². The second-order valence-corrected chi connectivity index (χ2v) is 9.70. The second-order valence-electron chi connectivity index (χ2n) is 9.70. The highest BCUT2D eigenvalue weighted by molar-refractivity contribution is 5.75. The van der Waals surface area contributed by atoms with E-state index in [1.807, 2.05) is 0 Å². The molecule has 4 aliphatic carbocycles. The first-order valence-corrected chi connectivity index (χ1v) is 10.8. The molecule has 1 aromatic rings. The summed E-state index contributed by atoms with van der Waals surface area (Å²) in [6.45, 7) is 2.49. The lowest BCUT2D eigenvalue weighted by atomic mass is 9.60. The van der Waals surface area contributed by atoms with E-state index < -0.39 is 5.60 Å². The van der Waals surface area contributed by atoms with Crippen molar-refractivity contribution in [1.29, 1.82) is 0 Å². The Labute approximate surface area is 158 Å². The molecule has 3 saturated carbocycles. The van der Waals surface area contributed by atoms with Crippen molar-refractivity contribution in [1.82, 2.24) is 0 Å². The molecule has 1 aromatic carbocycles. The normalized spacial score (nSPS) is 31.1. The molecule has 3 fully saturated rings. The van der Waals surface area contributed by atoms with E-state index >= 15 is 0 Å². The van der Waals surface area contributed by atoms with Gasteiger partial charge in [-0.2, -0.15) is 0 Å². The Morgan fingerprint density at radius 3 is 2.15 bits per heavy atom. The quantitative estimate of drug-likeness (QED) is 0.691. The third-order valence-electron chi connectivity index (χ3n) is 7.88. The van der Waals surface area contributed by atoms with Crippen LogP contribution in [-0.4, -0.2) is 10.7 Å². The average molecular weight is 349 g/mol. The smallest absolute Gasteiger partial charge is 0.0772 e. The van der Waals surface area contributed by atoms with Gasteiger partial charge in [-0.05, 0) is 72.8 Å². The third kappa shape index (κ3) is 2.71. The van der Waals surface area contributed by atoms with Crippen molar-refractivity contribution >= 4 is 5.57 Å². The van der Waals surface area contributed by atoms with Crippen molar-refractivity contribution in [3.63, 3.8) is 0 Å². The predicted octanol–water partition coefficient (Wildman–Crippen LogP) is 6.00. The molecule has 5 rings (SSSR count). The number of allylic oxidation sites excluding steroid dienone is 3. The number of hydrogen-bond acceptors (Lipinski definition) is 1. The van der Waals surface area contributed by atoms with Gasteiger partial charge in [0.2, 0.25) is 0 Å². The molecule has 4 aliphatic rings. The number of rotatable bonds is 5. The van der Waals surface area contributed by atoms with Gasteiger partial charge in [-0.15, -0.1) is 0 Å². The van der Waals surface area contributed by atoms with Crippen LogP contribution in [0, 0.1) is 29.1 Å². The monoisotopic (exact) mass is 348 g/mol. The summed E-state index contributed by atoms with van der Waals surface area (Å²) in [6, 6.07) is 10.7. The third-order valence-corrected chi connectivity index (χ3v) is 7.88. The Bertz CT molecular complexity index is 702. The van der Waals surface area contributed by atoms with Gasteiger partial charge in [0.25, 0.3) is 0 Å². The molecular weight excluding hydrogens is 316 g/mol. The highest BCUT2D eigenvalue weighted by atomic mass is 16.3. The molecule has 0 aromatic heterocycles. The molecule has 0 bridgehead atoms. The van der Waals surface area contributed by atoms with Gasteiger partial charge >= 0.3 is 0 Å². The summed E-state index contributed by atoms with van der Waals surface area (Å²) in [7, 11) is 0. The maximum Gasteiger partial charge on any atom is 0.0772 e. The van der Waals surface area contributed by atoms with E-state index in [0.717, 1.165) is 0 Å². The fraction of sp³-hybridized carbons (Fsp3) is 0.600. The molecule has 0 aliphatic heterocycles. The molecule has 0 spiro atoms. The largest absolute Gasteiger partial charge is 0.389 e. The maximum atomic E-state index is 12.0. The highest BCUT2D eigenvalue weighted by Gasteiger charge is 2.60. The molecule has 0 radical (unpaired) electrons. The van der Waals surface area contributed by atoms with Gasteiger partial charge in [-0.3, -0.25) is 0 Å². The van der Waals surface area contributed by atoms with Gasteiger partial charge in [0, 0.05) is 5.92 Å². The molecule has 0 heterocycles. The van der Waals surface area contributed by atoms with Crippen LogP contribution in [0.15, 0.2) is 48.6 Å². The van der Waals surface area contributed by atoms with Crippen LogP contribution in [0.2, 0.25) is 0 Å². The average Bonchev–Trinajstić information content (AvgIpc) is 3.60. The fourth-order valence-electron chi connectivity index (χ4n) is 6.07. The summed E-state index contributed by atoms with van der Waals surface area (Å²) >= 11 is 0. The number of aliphatic hydroxyl groups is 1. The van der Waals surface area contributed by atoms with E-state index in [4.69, 9.17) is 0 Å². The zero-order valence-corrected chi connectivity index (χ0v) is 16.0. The van der Waals surface area contributed by atoms with Crippen LogP contribution < -0.4 is 0 Å². The Kier molecular flexibility index (Phi) is 3.94. The van der Waals surface area contributed by atoms with E-state index in [-0.39, 0.29) is 5.92 Å². The first kappa shape index (κ1) is 16.8. The van der Waals surface area contributed by atoms with Crippen molar-refractivity contribution in [3.05, 3.63) is 54.1 Å². The summed E-state index contributed by atoms with van der Waals surface area (Å²) in [6.07, 6.45) is 17.6. The standard InChI is InChI=1S/C25H32O/c1-24(15-5-6-16-24)22-14-9-19(18-7-3-2-4-8-18)17-23(22)25(26,20-10-11-20)21-12-13-21/h2-4,7-9,14,17,20-23,26H,5-6,10-13,15-16H2,1H3/t22-,23-/m0/s1. The van der Waals surface area contributed by atoms with E-state index in [9.17, 15) is 5.11 Å². The number of hydrogen-bond donors (Lipinski definition) is 1. The Balaban J connectivity index is 1.57. The molecular formula is C25H32O. The van der Waals surface area contributed by atoms with Crippen LogP contribution in [0.25, 0.3) is 5.57 Å². The van der Waals surface area contributed by atoms with Gasteiger partial charge in [0.05, 0.1) is 5.60 Å². The first-order chi connectivity index (χ1) is 12.6. The Hall–Kier alpha value is -1.34. The van der Waals surface area contributed by atoms with E-state index in [2.05, 4.69) is 55.5 Å². The van der Waals surface area contributed by atoms with Crippen LogP contribution in [0.5, 0.6) is 0 Å². The Morgan fingerprint density at radius 1 is 0.962 bits per heavy atom. The fourth-order valence-corrected chi connectivity index (χ4v) is 6.07. The summed E-state index contributed by atoms with van der Waals surface area (Å²) < 4.78 is 0. The molecule has 0 amide bonds. The van der Waals surface area contributed by atoms with Crippen molar-refractivity contribution in [2.24, 2.45) is 29.1 Å². The molecule has 1 N–H and O–H groups in total. The van der Waals surface area contributed by atoms with Crippen LogP contribution in [0.4, 0.5) is 0 Å². The van der Waals surface area contributed by atoms with Crippen molar-refractivity contribution in [2.75, 3.05) is 0 Å². The Morgan fingerprint density at radius 2 is 1.58 bits per heavy atom. The van der Waals surface area contributed by atoms with Crippen LogP contribution in [0.3, 0.4) is 0 Å². The summed E-state index contributed by atoms with van der Waals surface area (Å²) in [5, 5.41) is 12.0. The molecule has 1 heteroatoms. The van der Waals surface area contributed by atoms with Crippen LogP contribution in [-0.2, 0) is 0 Å².